The van der Waals surface area contributed by atoms with Crippen LogP contribution in [0.15, 0.2) is 60.7 Å². The van der Waals surface area contributed by atoms with Gasteiger partial charge >= 0.3 is 0 Å². The number of quaternary nitrogens is 3. The highest BCUT2D eigenvalue weighted by atomic mass is 31.1. The van der Waals surface area contributed by atoms with E-state index in [1.807, 2.05) is 0 Å². The van der Waals surface area contributed by atoms with E-state index in [-0.39, 0.29) is 7.92 Å². The Morgan fingerprint density at radius 3 is 1.78 bits per heavy atom. The zero-order chi connectivity index (χ0) is 25.8. The van der Waals surface area contributed by atoms with Crippen LogP contribution in [-0.4, -0.2) is 70.0 Å². The molecule has 1 fully saturated rings. The third-order valence-electron chi connectivity index (χ3n) is 8.33. The highest BCUT2D eigenvalue weighted by Crippen LogP contribution is 2.47. The SMILES string of the molecule is CCC(CC(CC(CN(C)C)[NH2+]C)[NH2+]CC1CCC(P(c2ccccc2)c2ccccc2)CC1)[NH2+]C. The number of nitrogens with two attached hydrogens (primary N) is 3. The van der Waals surface area contributed by atoms with Gasteiger partial charge in [0.05, 0.1) is 52.1 Å². The summed E-state index contributed by atoms with van der Waals surface area (Å²) in [6, 6.07) is 24.9. The lowest BCUT2D eigenvalue weighted by Crippen LogP contribution is -2.97. The predicted octanol–water partition coefficient (Wildman–Crippen LogP) is 1.49. The first kappa shape index (κ1) is 29.3. The normalized spacial score (nSPS) is 21.0. The Hall–Kier alpha value is -1.29. The first-order valence-corrected chi connectivity index (χ1v) is 15.9. The van der Waals surface area contributed by atoms with Crippen molar-refractivity contribution in [2.45, 2.75) is 75.7 Å². The van der Waals surface area contributed by atoms with Crippen LogP contribution in [-0.2, 0) is 0 Å². The van der Waals surface area contributed by atoms with Crippen LogP contribution < -0.4 is 26.6 Å². The van der Waals surface area contributed by atoms with Crippen LogP contribution in [0.4, 0.5) is 0 Å². The van der Waals surface area contributed by atoms with E-state index in [0.717, 1.165) is 23.7 Å². The number of benzene rings is 2. The summed E-state index contributed by atoms with van der Waals surface area (Å²) in [6.07, 6.45) is 9.45. The molecule has 0 radical (unpaired) electrons. The minimum atomic E-state index is -0.272. The van der Waals surface area contributed by atoms with E-state index in [9.17, 15) is 0 Å². The molecule has 1 aliphatic carbocycles. The standard InChI is InChI=1S/C31H51N4P/c1-6-26(32-2)21-27(22-28(33-3)24-35(4)5)34-23-25-17-19-31(20-18-25)36(29-13-9-7-10-14-29)30-15-11-8-12-16-30/h7-16,25-28,31-34H,6,17-24H2,1-5H3/p+3. The molecule has 2 aromatic rings. The molecule has 2 aromatic carbocycles. The van der Waals surface area contributed by atoms with E-state index >= 15 is 0 Å². The third-order valence-corrected chi connectivity index (χ3v) is 11.3. The molecule has 0 spiro atoms. The molecule has 4 nitrogen and oxygen atoms in total. The fourth-order valence-corrected chi connectivity index (χ4v) is 9.10. The van der Waals surface area contributed by atoms with Crippen molar-refractivity contribution in [1.29, 1.82) is 0 Å². The van der Waals surface area contributed by atoms with Crippen molar-refractivity contribution in [2.75, 3.05) is 41.3 Å². The molecule has 0 heterocycles. The maximum atomic E-state index is 2.75. The second-order valence-corrected chi connectivity index (χ2v) is 13.8. The molecular weight excluding hydrogens is 459 g/mol. The molecule has 0 bridgehead atoms. The molecule has 3 rings (SSSR count). The zero-order valence-electron chi connectivity index (χ0n) is 23.7. The number of likely N-dealkylation sites (N-methyl/N-ethyl adjacent to an activating group) is 2. The molecule has 0 aromatic heterocycles. The van der Waals surface area contributed by atoms with Gasteiger partial charge in [0.25, 0.3) is 0 Å². The summed E-state index contributed by atoms with van der Waals surface area (Å²) in [5.74, 6) is 0.871. The lowest BCUT2D eigenvalue weighted by Gasteiger charge is -2.35. The van der Waals surface area contributed by atoms with Gasteiger partial charge in [-0.3, -0.25) is 0 Å². The molecule has 5 heteroatoms. The van der Waals surface area contributed by atoms with Crippen molar-refractivity contribution in [1.82, 2.24) is 4.90 Å². The van der Waals surface area contributed by atoms with Crippen LogP contribution >= 0.6 is 7.92 Å². The Labute approximate surface area is 222 Å². The number of hydrogen-bond donors (Lipinski definition) is 3. The second-order valence-electron chi connectivity index (χ2n) is 11.3. The van der Waals surface area contributed by atoms with Gasteiger partial charge in [0, 0.05) is 5.92 Å². The molecule has 1 aliphatic rings. The van der Waals surface area contributed by atoms with Gasteiger partial charge in [-0.1, -0.05) is 67.6 Å². The van der Waals surface area contributed by atoms with E-state index in [1.165, 1.54) is 58.0 Å². The Morgan fingerprint density at radius 2 is 1.31 bits per heavy atom. The third kappa shape index (κ3) is 9.23. The van der Waals surface area contributed by atoms with Gasteiger partial charge in [-0.2, -0.15) is 0 Å². The second kappa shape index (κ2) is 15.8. The Kier molecular flexibility index (Phi) is 12.9. The number of rotatable bonds is 15. The van der Waals surface area contributed by atoms with E-state index in [4.69, 9.17) is 0 Å². The van der Waals surface area contributed by atoms with Gasteiger partial charge in [-0.05, 0) is 70.4 Å². The van der Waals surface area contributed by atoms with Crippen molar-refractivity contribution < 1.29 is 16.0 Å². The minimum absolute atomic E-state index is 0.272. The van der Waals surface area contributed by atoms with Crippen LogP contribution in [0.5, 0.6) is 0 Å². The lowest BCUT2D eigenvalue weighted by molar-refractivity contribution is -0.727. The fourth-order valence-electron chi connectivity index (χ4n) is 6.16. The highest BCUT2D eigenvalue weighted by molar-refractivity contribution is 7.73. The highest BCUT2D eigenvalue weighted by Gasteiger charge is 2.31. The minimum Gasteiger partial charge on any atom is -0.346 e. The van der Waals surface area contributed by atoms with Gasteiger partial charge in [0.15, 0.2) is 0 Å². The molecule has 0 aliphatic heterocycles. The summed E-state index contributed by atoms with van der Waals surface area (Å²) in [6.45, 7) is 4.83. The van der Waals surface area contributed by atoms with Crippen molar-refractivity contribution in [3.63, 3.8) is 0 Å². The van der Waals surface area contributed by atoms with Gasteiger partial charge < -0.3 is 20.9 Å². The van der Waals surface area contributed by atoms with Crippen LogP contribution in [0.25, 0.3) is 0 Å². The summed E-state index contributed by atoms with van der Waals surface area (Å²) >= 11 is 0. The van der Waals surface area contributed by atoms with Crippen molar-refractivity contribution >= 4 is 18.5 Å². The molecule has 6 N–H and O–H groups in total. The summed E-state index contributed by atoms with van der Waals surface area (Å²) < 4.78 is 0. The summed E-state index contributed by atoms with van der Waals surface area (Å²) in [7, 11) is 8.66. The first-order chi connectivity index (χ1) is 17.5. The van der Waals surface area contributed by atoms with Crippen LogP contribution in [0.1, 0.15) is 51.9 Å². The largest absolute Gasteiger partial charge is 0.346 e. The molecule has 0 saturated heterocycles. The van der Waals surface area contributed by atoms with E-state index in [2.05, 4.69) is 117 Å². The average Bonchev–Trinajstić information content (AvgIpc) is 2.91. The van der Waals surface area contributed by atoms with Crippen LogP contribution in [0.2, 0.25) is 0 Å². The van der Waals surface area contributed by atoms with E-state index < -0.39 is 0 Å². The summed E-state index contributed by atoms with van der Waals surface area (Å²) in [5, 5.41) is 10.7. The Balaban J connectivity index is 1.59. The van der Waals surface area contributed by atoms with Crippen LogP contribution in [0.3, 0.4) is 0 Å². The average molecular weight is 514 g/mol. The van der Waals surface area contributed by atoms with E-state index in [0.29, 0.717) is 6.04 Å². The summed E-state index contributed by atoms with van der Waals surface area (Å²) in [5.41, 5.74) is 0.815. The summed E-state index contributed by atoms with van der Waals surface area (Å²) in [4.78, 5) is 2.35. The fraction of sp³-hybridized carbons (Fsp3) is 0.613. The maximum absolute atomic E-state index is 2.75. The zero-order valence-corrected chi connectivity index (χ0v) is 24.5. The monoisotopic (exact) mass is 513 g/mol. The van der Waals surface area contributed by atoms with Gasteiger partial charge in [-0.25, -0.2) is 0 Å². The van der Waals surface area contributed by atoms with Crippen molar-refractivity contribution in [3.8, 4) is 0 Å². The van der Waals surface area contributed by atoms with E-state index in [1.54, 1.807) is 10.6 Å². The molecular formula is C31H54N4P+3. The first-order valence-electron chi connectivity index (χ1n) is 14.5. The smallest absolute Gasteiger partial charge is 0.104 e. The van der Waals surface area contributed by atoms with Gasteiger partial charge in [0.2, 0.25) is 0 Å². The van der Waals surface area contributed by atoms with Crippen molar-refractivity contribution in [2.24, 2.45) is 5.92 Å². The Bertz CT molecular complexity index is 779. The Morgan fingerprint density at radius 1 is 0.778 bits per heavy atom. The predicted molar refractivity (Wildman–Crippen MR) is 157 cm³/mol. The molecule has 1 saturated carbocycles. The number of nitrogens with zero attached hydrogens (tertiary/aromatic N) is 1. The van der Waals surface area contributed by atoms with Gasteiger partial charge in [-0.15, -0.1) is 0 Å². The molecule has 36 heavy (non-hydrogen) atoms. The van der Waals surface area contributed by atoms with Crippen molar-refractivity contribution in [3.05, 3.63) is 60.7 Å². The lowest BCUT2D eigenvalue weighted by atomic mass is 9.88. The van der Waals surface area contributed by atoms with Gasteiger partial charge in [0.1, 0.15) is 6.04 Å². The molecule has 3 atom stereocenters. The quantitative estimate of drug-likeness (QED) is 0.311. The van der Waals surface area contributed by atoms with Crippen LogP contribution in [0, 0.1) is 5.92 Å². The molecule has 3 unspecified atom stereocenters. The number of hydrogen-bond acceptors (Lipinski definition) is 1. The maximum Gasteiger partial charge on any atom is 0.104 e. The molecule has 0 amide bonds. The molecule has 200 valence electrons. The topological polar surface area (TPSA) is 53.1 Å².